The van der Waals surface area contributed by atoms with Crippen LogP contribution in [0.3, 0.4) is 0 Å². The van der Waals surface area contributed by atoms with E-state index in [1.807, 2.05) is 0 Å². The summed E-state index contributed by atoms with van der Waals surface area (Å²) in [5, 5.41) is 10.8. The molecule has 0 amide bonds. The molecule has 0 aliphatic rings. The van der Waals surface area contributed by atoms with Gasteiger partial charge < -0.3 is 10.4 Å². The number of carboxylic acids is 1. The standard InChI is InChI=1S/C9H7BrF3NO2/c10-6-2-1-5(9(11,12)13)3-7(6)14-4-8(15)16/h1-3,14H,4H2,(H,15,16). The van der Waals surface area contributed by atoms with Crippen molar-refractivity contribution in [2.75, 3.05) is 11.9 Å². The average molecular weight is 298 g/mol. The Hall–Kier alpha value is -1.24. The van der Waals surface area contributed by atoms with Crippen molar-refractivity contribution < 1.29 is 23.1 Å². The quantitative estimate of drug-likeness (QED) is 0.902. The van der Waals surface area contributed by atoms with Gasteiger partial charge in [-0.15, -0.1) is 0 Å². The van der Waals surface area contributed by atoms with Gasteiger partial charge in [-0.1, -0.05) is 0 Å². The molecule has 0 aromatic heterocycles. The fraction of sp³-hybridized carbons (Fsp3) is 0.222. The first kappa shape index (κ1) is 12.8. The van der Waals surface area contributed by atoms with E-state index in [0.29, 0.717) is 4.47 Å². The van der Waals surface area contributed by atoms with Crippen molar-refractivity contribution in [2.45, 2.75) is 6.18 Å². The molecule has 0 unspecified atom stereocenters. The number of hydrogen-bond acceptors (Lipinski definition) is 2. The van der Waals surface area contributed by atoms with Crippen LogP contribution in [0.25, 0.3) is 0 Å². The molecule has 2 N–H and O–H groups in total. The van der Waals surface area contributed by atoms with Crippen molar-refractivity contribution in [3.63, 3.8) is 0 Å². The molecule has 0 bridgehead atoms. The van der Waals surface area contributed by atoms with Crippen molar-refractivity contribution in [3.05, 3.63) is 28.2 Å². The molecule has 0 saturated carbocycles. The Bertz CT molecular complexity index is 406. The van der Waals surface area contributed by atoms with Gasteiger partial charge in [-0.2, -0.15) is 13.2 Å². The summed E-state index contributed by atoms with van der Waals surface area (Å²) in [5.41, 5.74) is -0.735. The van der Waals surface area contributed by atoms with Gasteiger partial charge in [-0.3, -0.25) is 4.79 Å². The van der Waals surface area contributed by atoms with Gasteiger partial charge >= 0.3 is 12.1 Å². The minimum atomic E-state index is -4.44. The van der Waals surface area contributed by atoms with Crippen LogP contribution in [-0.4, -0.2) is 17.6 Å². The third-order valence-corrected chi connectivity index (χ3v) is 2.42. The largest absolute Gasteiger partial charge is 0.480 e. The first-order valence-electron chi connectivity index (χ1n) is 4.13. The first-order chi connectivity index (χ1) is 7.30. The predicted molar refractivity (Wildman–Crippen MR) is 55.3 cm³/mol. The second kappa shape index (κ2) is 4.73. The summed E-state index contributed by atoms with van der Waals surface area (Å²) >= 11 is 3.02. The van der Waals surface area contributed by atoms with Crippen molar-refractivity contribution in [1.29, 1.82) is 0 Å². The number of aliphatic carboxylic acids is 1. The van der Waals surface area contributed by atoms with Gasteiger partial charge in [0.2, 0.25) is 0 Å². The smallest absolute Gasteiger partial charge is 0.416 e. The highest BCUT2D eigenvalue weighted by molar-refractivity contribution is 9.10. The van der Waals surface area contributed by atoms with Crippen molar-refractivity contribution >= 4 is 27.6 Å². The molecule has 0 spiro atoms. The molecule has 1 aromatic rings. The lowest BCUT2D eigenvalue weighted by Gasteiger charge is -2.11. The zero-order valence-corrected chi connectivity index (χ0v) is 9.39. The summed E-state index contributed by atoms with van der Waals surface area (Å²) in [6, 6.07) is 2.98. The topological polar surface area (TPSA) is 49.3 Å². The summed E-state index contributed by atoms with van der Waals surface area (Å²) < 4.78 is 37.4. The third-order valence-electron chi connectivity index (χ3n) is 1.72. The second-order valence-corrected chi connectivity index (χ2v) is 3.79. The van der Waals surface area contributed by atoms with Gasteiger partial charge in [0.1, 0.15) is 6.54 Å². The minimum Gasteiger partial charge on any atom is -0.480 e. The zero-order chi connectivity index (χ0) is 12.3. The predicted octanol–water partition coefficient (Wildman–Crippen LogP) is 2.96. The summed E-state index contributed by atoms with van der Waals surface area (Å²) in [6.45, 7) is -0.445. The SMILES string of the molecule is O=C(O)CNc1cc(C(F)(F)F)ccc1Br. The molecular formula is C9H7BrF3NO2. The number of carboxylic acid groups (broad SMARTS) is 1. The number of rotatable bonds is 3. The Morgan fingerprint density at radius 3 is 2.56 bits per heavy atom. The maximum atomic E-state index is 12.3. The van der Waals surface area contributed by atoms with Crippen LogP contribution in [0.4, 0.5) is 18.9 Å². The zero-order valence-electron chi connectivity index (χ0n) is 7.81. The van der Waals surface area contributed by atoms with E-state index in [0.717, 1.165) is 12.1 Å². The molecule has 0 aliphatic heterocycles. The monoisotopic (exact) mass is 297 g/mol. The number of benzene rings is 1. The van der Waals surface area contributed by atoms with Crippen LogP contribution in [0, 0.1) is 0 Å². The highest BCUT2D eigenvalue weighted by atomic mass is 79.9. The van der Waals surface area contributed by atoms with Crippen molar-refractivity contribution in [2.24, 2.45) is 0 Å². The molecular weight excluding hydrogens is 291 g/mol. The van der Waals surface area contributed by atoms with Gasteiger partial charge in [0, 0.05) is 10.2 Å². The van der Waals surface area contributed by atoms with Crippen LogP contribution < -0.4 is 5.32 Å². The van der Waals surface area contributed by atoms with Gasteiger partial charge in [0.05, 0.1) is 5.56 Å². The van der Waals surface area contributed by atoms with E-state index in [9.17, 15) is 18.0 Å². The summed E-state index contributed by atoms with van der Waals surface area (Å²) in [4.78, 5) is 10.3. The van der Waals surface area contributed by atoms with Crippen LogP contribution in [0.15, 0.2) is 22.7 Å². The second-order valence-electron chi connectivity index (χ2n) is 2.94. The fourth-order valence-corrected chi connectivity index (χ4v) is 1.39. The number of hydrogen-bond donors (Lipinski definition) is 2. The highest BCUT2D eigenvalue weighted by Crippen LogP contribution is 2.33. The number of alkyl halides is 3. The Morgan fingerprint density at radius 1 is 1.44 bits per heavy atom. The van der Waals surface area contributed by atoms with E-state index in [2.05, 4.69) is 21.2 Å². The summed E-state index contributed by atoms with van der Waals surface area (Å²) in [6.07, 6.45) is -4.44. The highest BCUT2D eigenvalue weighted by Gasteiger charge is 2.30. The third kappa shape index (κ3) is 3.41. The normalized spacial score (nSPS) is 11.2. The van der Waals surface area contributed by atoms with E-state index in [1.165, 1.54) is 6.07 Å². The van der Waals surface area contributed by atoms with Gasteiger partial charge in [0.15, 0.2) is 0 Å². The summed E-state index contributed by atoms with van der Waals surface area (Å²) in [7, 11) is 0. The molecule has 7 heteroatoms. The van der Waals surface area contributed by atoms with E-state index < -0.39 is 24.3 Å². The Kier molecular flexibility index (Phi) is 3.79. The molecule has 0 heterocycles. The van der Waals surface area contributed by atoms with Gasteiger partial charge in [-0.05, 0) is 34.1 Å². The Labute approximate surface area is 97.4 Å². The lowest BCUT2D eigenvalue weighted by atomic mass is 10.2. The first-order valence-corrected chi connectivity index (χ1v) is 4.92. The molecule has 1 rings (SSSR count). The van der Waals surface area contributed by atoms with Crippen molar-refractivity contribution in [1.82, 2.24) is 0 Å². The molecule has 88 valence electrons. The van der Waals surface area contributed by atoms with E-state index >= 15 is 0 Å². The Balaban J connectivity index is 2.95. The number of halogens is 4. The molecule has 0 atom stereocenters. The molecule has 16 heavy (non-hydrogen) atoms. The average Bonchev–Trinajstić information content (AvgIpc) is 2.14. The van der Waals surface area contributed by atoms with Crippen LogP contribution in [0.1, 0.15) is 5.56 Å². The van der Waals surface area contributed by atoms with Crippen LogP contribution in [-0.2, 0) is 11.0 Å². The van der Waals surface area contributed by atoms with E-state index in [1.54, 1.807) is 0 Å². The molecule has 0 saturated heterocycles. The molecule has 3 nitrogen and oxygen atoms in total. The van der Waals surface area contributed by atoms with Crippen LogP contribution in [0.2, 0.25) is 0 Å². The minimum absolute atomic E-state index is 0.0947. The molecule has 0 fully saturated rings. The van der Waals surface area contributed by atoms with E-state index in [4.69, 9.17) is 5.11 Å². The molecule has 0 aliphatic carbocycles. The lowest BCUT2D eigenvalue weighted by molar-refractivity contribution is -0.137. The van der Waals surface area contributed by atoms with Gasteiger partial charge in [-0.25, -0.2) is 0 Å². The number of carbonyl (C=O) groups is 1. The van der Waals surface area contributed by atoms with Crippen LogP contribution >= 0.6 is 15.9 Å². The summed E-state index contributed by atoms with van der Waals surface area (Å²) in [5.74, 6) is -1.15. The lowest BCUT2D eigenvalue weighted by Crippen LogP contribution is -2.13. The maximum absolute atomic E-state index is 12.3. The van der Waals surface area contributed by atoms with Gasteiger partial charge in [0.25, 0.3) is 0 Å². The number of anilines is 1. The molecule has 0 radical (unpaired) electrons. The van der Waals surface area contributed by atoms with Crippen LogP contribution in [0.5, 0.6) is 0 Å². The number of nitrogens with one attached hydrogen (secondary N) is 1. The fourth-order valence-electron chi connectivity index (χ4n) is 1.01. The van der Waals surface area contributed by atoms with Crippen molar-refractivity contribution in [3.8, 4) is 0 Å². The Morgan fingerprint density at radius 2 is 2.06 bits per heavy atom. The maximum Gasteiger partial charge on any atom is 0.416 e. The molecule has 1 aromatic carbocycles. The van der Waals surface area contributed by atoms with E-state index in [-0.39, 0.29) is 5.69 Å².